The zero-order valence-corrected chi connectivity index (χ0v) is 17.1. The minimum Gasteiger partial charge on any atom is -0.456 e. The van der Waals surface area contributed by atoms with E-state index < -0.39 is 42.3 Å². The topological polar surface area (TPSA) is 100 Å². The Kier molecular flexibility index (Phi) is 8.33. The molecule has 0 spiro atoms. The highest BCUT2D eigenvalue weighted by Gasteiger charge is 2.46. The van der Waals surface area contributed by atoms with Crippen molar-refractivity contribution in [2.45, 2.75) is 65.1 Å². The fourth-order valence-electron chi connectivity index (χ4n) is 3.16. The van der Waals surface area contributed by atoms with Gasteiger partial charge in [-0.15, -0.1) is 0 Å². The quantitative estimate of drug-likeness (QED) is 0.389. The third kappa shape index (κ3) is 7.30. The smallest absolute Gasteiger partial charge is 0.303 e. The van der Waals surface area contributed by atoms with Crippen molar-refractivity contribution in [2.75, 3.05) is 6.61 Å². The van der Waals surface area contributed by atoms with Gasteiger partial charge in [0.1, 0.15) is 6.10 Å². The average Bonchev–Trinajstić information content (AvgIpc) is 2.64. The van der Waals surface area contributed by atoms with Crippen LogP contribution >= 0.6 is 0 Å². The van der Waals surface area contributed by atoms with Gasteiger partial charge in [-0.1, -0.05) is 30.3 Å². The first kappa shape index (κ1) is 22.5. The van der Waals surface area contributed by atoms with Gasteiger partial charge in [0.25, 0.3) is 0 Å². The number of nitrogens with zero attached hydrogens (tertiary/aromatic N) is 1. The molecular formula is C21H27NO7. The van der Waals surface area contributed by atoms with Crippen molar-refractivity contribution < 1.29 is 33.3 Å². The number of esters is 3. The number of benzene rings is 1. The Bertz CT molecular complexity index is 747. The number of rotatable bonds is 7. The molecule has 4 atom stereocenters. The average molecular weight is 405 g/mol. The van der Waals surface area contributed by atoms with Crippen LogP contribution in [-0.4, -0.2) is 54.6 Å². The van der Waals surface area contributed by atoms with Crippen molar-refractivity contribution in [3.8, 4) is 0 Å². The second-order valence-electron chi connectivity index (χ2n) is 6.91. The molecule has 0 N–H and O–H groups in total. The number of ether oxygens (including phenoxy) is 4. The molecule has 1 aromatic rings. The summed E-state index contributed by atoms with van der Waals surface area (Å²) < 4.78 is 21.8. The van der Waals surface area contributed by atoms with Gasteiger partial charge in [0.2, 0.25) is 0 Å². The maximum atomic E-state index is 11.7. The lowest BCUT2D eigenvalue weighted by molar-refractivity contribution is -0.224. The van der Waals surface area contributed by atoms with Gasteiger partial charge >= 0.3 is 17.9 Å². The zero-order chi connectivity index (χ0) is 21.4. The van der Waals surface area contributed by atoms with E-state index in [9.17, 15) is 14.4 Å². The van der Waals surface area contributed by atoms with Crippen molar-refractivity contribution in [2.24, 2.45) is 4.99 Å². The van der Waals surface area contributed by atoms with Crippen LogP contribution in [0.3, 0.4) is 0 Å². The highest BCUT2D eigenvalue weighted by atomic mass is 16.6. The Morgan fingerprint density at radius 1 is 0.931 bits per heavy atom. The molecule has 1 heterocycles. The Morgan fingerprint density at radius 3 is 2.10 bits per heavy atom. The summed E-state index contributed by atoms with van der Waals surface area (Å²) in [6, 6.07) is 9.79. The molecule has 8 nitrogen and oxygen atoms in total. The summed E-state index contributed by atoms with van der Waals surface area (Å²) in [4.78, 5) is 39.2. The van der Waals surface area contributed by atoms with Crippen molar-refractivity contribution in [3.63, 3.8) is 0 Å². The molecule has 2 rings (SSSR count). The number of hydrogen-bond donors (Lipinski definition) is 0. The fourth-order valence-corrected chi connectivity index (χ4v) is 3.16. The van der Waals surface area contributed by atoms with Crippen LogP contribution < -0.4 is 0 Å². The fraction of sp³-hybridized carbons (Fsp3) is 0.524. The van der Waals surface area contributed by atoms with Crippen LogP contribution in [0.1, 0.15) is 39.7 Å². The van der Waals surface area contributed by atoms with Crippen molar-refractivity contribution in [3.05, 3.63) is 35.9 Å². The lowest BCUT2D eigenvalue weighted by atomic mass is 9.95. The molecular weight excluding hydrogens is 378 g/mol. The van der Waals surface area contributed by atoms with Crippen LogP contribution in [0.15, 0.2) is 35.3 Å². The van der Waals surface area contributed by atoms with E-state index in [1.54, 1.807) is 0 Å². The third-order valence-corrected chi connectivity index (χ3v) is 4.32. The van der Waals surface area contributed by atoms with Gasteiger partial charge in [-0.05, 0) is 12.5 Å². The van der Waals surface area contributed by atoms with Crippen LogP contribution in [0.4, 0.5) is 0 Å². The monoisotopic (exact) mass is 405 g/mol. The molecule has 0 bridgehead atoms. The van der Waals surface area contributed by atoms with E-state index in [1.165, 1.54) is 20.8 Å². The molecule has 29 heavy (non-hydrogen) atoms. The van der Waals surface area contributed by atoms with Gasteiger partial charge in [-0.25, -0.2) is 0 Å². The SMILES string of the molecule is CC(=O)O[C@@H]1[C@@H](OC(C)=O)[C@H](OC(C)=O)CO[C@H]1CC(C)=NCc1ccccc1. The summed E-state index contributed by atoms with van der Waals surface area (Å²) in [6.07, 6.45) is -2.96. The second-order valence-corrected chi connectivity index (χ2v) is 6.91. The van der Waals surface area contributed by atoms with Crippen LogP contribution in [-0.2, 0) is 39.9 Å². The molecule has 1 fully saturated rings. The maximum Gasteiger partial charge on any atom is 0.303 e. The molecule has 0 aliphatic carbocycles. The van der Waals surface area contributed by atoms with Crippen LogP contribution in [0.25, 0.3) is 0 Å². The van der Waals surface area contributed by atoms with E-state index >= 15 is 0 Å². The summed E-state index contributed by atoms with van der Waals surface area (Å²) in [5, 5.41) is 0. The maximum absolute atomic E-state index is 11.7. The summed E-state index contributed by atoms with van der Waals surface area (Å²) in [7, 11) is 0. The van der Waals surface area contributed by atoms with E-state index in [4.69, 9.17) is 18.9 Å². The summed E-state index contributed by atoms with van der Waals surface area (Å²) >= 11 is 0. The van der Waals surface area contributed by atoms with Gasteiger partial charge in [0.05, 0.1) is 13.2 Å². The summed E-state index contributed by atoms with van der Waals surface area (Å²) in [6.45, 7) is 6.14. The van der Waals surface area contributed by atoms with Gasteiger partial charge in [0, 0.05) is 32.9 Å². The molecule has 0 aromatic heterocycles. The molecule has 158 valence electrons. The molecule has 0 unspecified atom stereocenters. The largest absolute Gasteiger partial charge is 0.456 e. The summed E-state index contributed by atoms with van der Waals surface area (Å²) in [5.41, 5.74) is 1.86. The van der Waals surface area contributed by atoms with E-state index in [0.717, 1.165) is 11.3 Å². The highest BCUT2D eigenvalue weighted by molar-refractivity contribution is 5.82. The van der Waals surface area contributed by atoms with E-state index in [0.29, 0.717) is 13.0 Å². The van der Waals surface area contributed by atoms with Crippen LogP contribution in [0, 0.1) is 0 Å². The minimum atomic E-state index is -0.957. The highest BCUT2D eigenvalue weighted by Crippen LogP contribution is 2.26. The summed E-state index contributed by atoms with van der Waals surface area (Å²) in [5.74, 6) is -1.67. The van der Waals surface area contributed by atoms with E-state index in [1.807, 2.05) is 37.3 Å². The van der Waals surface area contributed by atoms with Crippen molar-refractivity contribution in [1.82, 2.24) is 0 Å². The van der Waals surface area contributed by atoms with Crippen LogP contribution in [0.5, 0.6) is 0 Å². The van der Waals surface area contributed by atoms with Crippen molar-refractivity contribution >= 4 is 23.6 Å². The number of carbonyl (C=O) groups is 3. The Balaban J connectivity index is 2.16. The zero-order valence-electron chi connectivity index (χ0n) is 17.1. The number of carbonyl (C=O) groups excluding carboxylic acids is 3. The minimum absolute atomic E-state index is 0.0198. The standard InChI is InChI=1S/C21H27NO7/c1-13(22-11-17-8-6-5-7-9-17)10-18-20(28-15(3)24)21(29-16(4)25)19(12-26-18)27-14(2)23/h5-9,18-21H,10-12H2,1-4H3/t18-,19+,20-,21-/m0/s1. The normalized spacial score (nSPS) is 24.5. The number of hydrogen-bond acceptors (Lipinski definition) is 8. The molecule has 1 saturated heterocycles. The van der Waals surface area contributed by atoms with Crippen LogP contribution in [0.2, 0.25) is 0 Å². The van der Waals surface area contributed by atoms with E-state index in [-0.39, 0.29) is 6.61 Å². The predicted molar refractivity (Wildman–Crippen MR) is 104 cm³/mol. The molecule has 0 radical (unpaired) electrons. The van der Waals surface area contributed by atoms with Gasteiger partial charge < -0.3 is 18.9 Å². The molecule has 0 saturated carbocycles. The van der Waals surface area contributed by atoms with Gasteiger partial charge in [-0.3, -0.25) is 19.4 Å². The predicted octanol–water partition coefficient (Wildman–Crippen LogP) is 2.23. The molecule has 0 amide bonds. The lowest BCUT2D eigenvalue weighted by Gasteiger charge is -2.40. The van der Waals surface area contributed by atoms with Gasteiger partial charge in [0.15, 0.2) is 18.3 Å². The van der Waals surface area contributed by atoms with Crippen molar-refractivity contribution in [1.29, 1.82) is 0 Å². The Labute approximate surface area is 170 Å². The Morgan fingerprint density at radius 2 is 1.52 bits per heavy atom. The first-order valence-corrected chi connectivity index (χ1v) is 9.43. The molecule has 1 aliphatic heterocycles. The lowest BCUT2D eigenvalue weighted by Crippen LogP contribution is -2.57. The van der Waals surface area contributed by atoms with Gasteiger partial charge in [-0.2, -0.15) is 0 Å². The molecule has 8 heteroatoms. The third-order valence-electron chi connectivity index (χ3n) is 4.32. The Hall–Kier alpha value is -2.74. The molecule has 1 aromatic carbocycles. The number of aliphatic imine (C=N–C) groups is 1. The second kappa shape index (κ2) is 10.7. The molecule has 1 aliphatic rings. The first-order chi connectivity index (χ1) is 13.8. The first-order valence-electron chi connectivity index (χ1n) is 9.43. The van der Waals surface area contributed by atoms with E-state index in [2.05, 4.69) is 4.99 Å².